The minimum absolute atomic E-state index is 0.206. The normalized spacial score (nSPS) is 18.0. The summed E-state index contributed by atoms with van der Waals surface area (Å²) in [6, 6.07) is 0. The number of nitrogens with zero attached hydrogens (tertiary/aromatic N) is 1. The van der Waals surface area contributed by atoms with Crippen LogP contribution in [-0.4, -0.2) is 28.9 Å². The van der Waals surface area contributed by atoms with E-state index >= 15 is 0 Å². The van der Waals surface area contributed by atoms with Gasteiger partial charge in [0.25, 0.3) is 0 Å². The molecule has 1 rings (SSSR count). The molecule has 1 aliphatic heterocycles. The molecule has 0 aliphatic carbocycles. The minimum atomic E-state index is 0.206. The molecule has 0 radical (unpaired) electrons. The summed E-state index contributed by atoms with van der Waals surface area (Å²) in [5, 5.41) is 0.324. The number of nitrogens with two attached hydrogens (primary N) is 1. The van der Waals surface area contributed by atoms with Crippen LogP contribution in [0.1, 0.15) is 0 Å². The van der Waals surface area contributed by atoms with Crippen molar-refractivity contribution in [3.63, 3.8) is 0 Å². The highest BCUT2D eigenvalue weighted by Gasteiger charge is 2.23. The van der Waals surface area contributed by atoms with Crippen molar-refractivity contribution in [1.29, 1.82) is 0 Å². The van der Waals surface area contributed by atoms with Gasteiger partial charge in [-0.15, -0.1) is 0 Å². The Balaban J connectivity index is 2.35. The van der Waals surface area contributed by atoms with Gasteiger partial charge >= 0.3 is 0 Å². The Morgan fingerprint density at radius 1 is 1.75 bits per heavy atom. The number of Topliss-reactive ketones (excluding diaryl/α,β-unsaturated/α-hetero) is 1. The number of thiocarbonyl (C=S) groups is 1. The zero-order chi connectivity index (χ0) is 6.15. The average Bonchev–Trinajstić information content (AvgIpc) is 1.57. The summed E-state index contributed by atoms with van der Waals surface area (Å²) in [6.07, 6.45) is 0. The van der Waals surface area contributed by atoms with E-state index in [0.717, 1.165) is 0 Å². The number of hydrogen-bond acceptors (Lipinski definition) is 2. The van der Waals surface area contributed by atoms with Gasteiger partial charge in [0, 0.05) is 0 Å². The third-order valence-electron chi connectivity index (χ3n) is 1.05. The largest absolute Gasteiger partial charge is 0.376 e. The number of carbonyl (C=O) groups is 1. The molecular weight excluding hydrogens is 124 g/mol. The maximum atomic E-state index is 10.3. The summed E-state index contributed by atoms with van der Waals surface area (Å²) in [5.74, 6) is 0.206. The van der Waals surface area contributed by atoms with Gasteiger partial charge in [-0.2, -0.15) is 0 Å². The van der Waals surface area contributed by atoms with Gasteiger partial charge in [0.15, 0.2) is 10.9 Å². The number of likely N-dealkylation sites (tertiary alicyclic amines) is 1. The molecule has 3 nitrogen and oxygen atoms in total. The maximum absolute atomic E-state index is 10.3. The van der Waals surface area contributed by atoms with Crippen molar-refractivity contribution in [1.82, 2.24) is 4.90 Å². The lowest BCUT2D eigenvalue weighted by Gasteiger charge is -2.29. The van der Waals surface area contributed by atoms with Crippen LogP contribution in [-0.2, 0) is 4.79 Å². The summed E-state index contributed by atoms with van der Waals surface area (Å²) in [7, 11) is 0. The van der Waals surface area contributed by atoms with Crippen molar-refractivity contribution < 1.29 is 4.79 Å². The fourth-order valence-electron chi connectivity index (χ4n) is 0.535. The van der Waals surface area contributed by atoms with E-state index < -0.39 is 0 Å². The van der Waals surface area contributed by atoms with Gasteiger partial charge in [-0.1, -0.05) is 0 Å². The number of hydrogen-bond donors (Lipinski definition) is 1. The highest BCUT2D eigenvalue weighted by Crippen LogP contribution is 1.99. The summed E-state index contributed by atoms with van der Waals surface area (Å²) >= 11 is 4.57. The average molecular weight is 130 g/mol. The van der Waals surface area contributed by atoms with Crippen molar-refractivity contribution in [2.24, 2.45) is 5.73 Å². The Morgan fingerprint density at radius 3 is 2.38 bits per heavy atom. The van der Waals surface area contributed by atoms with E-state index in [1.807, 2.05) is 0 Å². The molecule has 1 aliphatic rings. The van der Waals surface area contributed by atoms with Crippen LogP contribution in [0.3, 0.4) is 0 Å². The Hall–Kier alpha value is -0.640. The fraction of sp³-hybridized carbons (Fsp3) is 0.500. The second-order valence-electron chi connectivity index (χ2n) is 1.73. The van der Waals surface area contributed by atoms with E-state index in [1.165, 1.54) is 0 Å². The predicted octanol–water partition coefficient (Wildman–Crippen LogP) is -0.885. The fourth-order valence-corrected chi connectivity index (χ4v) is 0.664. The zero-order valence-electron chi connectivity index (χ0n) is 4.26. The smallest absolute Gasteiger partial charge is 0.171 e. The molecule has 0 atom stereocenters. The van der Waals surface area contributed by atoms with Crippen LogP contribution in [0.15, 0.2) is 0 Å². The number of carbonyl (C=O) groups excluding carboxylic acids is 1. The molecule has 0 unspecified atom stereocenters. The molecule has 0 aromatic rings. The molecule has 8 heavy (non-hydrogen) atoms. The van der Waals surface area contributed by atoms with Gasteiger partial charge in [-0.05, 0) is 12.2 Å². The van der Waals surface area contributed by atoms with Gasteiger partial charge < -0.3 is 10.6 Å². The monoisotopic (exact) mass is 130 g/mol. The van der Waals surface area contributed by atoms with E-state index in [9.17, 15) is 4.79 Å². The van der Waals surface area contributed by atoms with Crippen molar-refractivity contribution in [3.05, 3.63) is 0 Å². The summed E-state index contributed by atoms with van der Waals surface area (Å²) in [5.41, 5.74) is 5.17. The predicted molar refractivity (Wildman–Crippen MR) is 33.4 cm³/mol. The minimum Gasteiger partial charge on any atom is -0.376 e. The first kappa shape index (κ1) is 5.50. The maximum Gasteiger partial charge on any atom is 0.171 e. The van der Waals surface area contributed by atoms with E-state index in [-0.39, 0.29) is 5.78 Å². The lowest BCUT2D eigenvalue weighted by molar-refractivity contribution is -0.125. The summed E-state index contributed by atoms with van der Waals surface area (Å²) < 4.78 is 0. The molecule has 0 saturated carbocycles. The molecular formula is C4H6N2OS. The third-order valence-corrected chi connectivity index (χ3v) is 1.30. The van der Waals surface area contributed by atoms with Crippen LogP contribution < -0.4 is 5.73 Å². The van der Waals surface area contributed by atoms with E-state index in [4.69, 9.17) is 5.73 Å². The molecule has 1 fully saturated rings. The Bertz CT molecular complexity index is 137. The highest BCUT2D eigenvalue weighted by atomic mass is 32.1. The van der Waals surface area contributed by atoms with E-state index in [0.29, 0.717) is 18.2 Å². The molecule has 44 valence electrons. The Morgan fingerprint density at radius 2 is 2.25 bits per heavy atom. The molecule has 4 heteroatoms. The van der Waals surface area contributed by atoms with Gasteiger partial charge in [-0.25, -0.2) is 0 Å². The first-order valence-corrected chi connectivity index (χ1v) is 2.67. The molecule has 0 amide bonds. The van der Waals surface area contributed by atoms with Gasteiger partial charge in [0.05, 0.1) is 13.1 Å². The number of ketones is 1. The molecule has 1 heterocycles. The van der Waals surface area contributed by atoms with Gasteiger partial charge in [-0.3, -0.25) is 4.79 Å². The number of rotatable bonds is 0. The first-order valence-electron chi connectivity index (χ1n) is 2.26. The quantitative estimate of drug-likeness (QED) is 0.432. The molecule has 1 saturated heterocycles. The van der Waals surface area contributed by atoms with Crippen molar-refractivity contribution in [2.75, 3.05) is 13.1 Å². The standard InChI is InChI=1S/C4H6N2OS/c5-4(8)6-1-3(7)2-6/h1-2H2,(H2,5,8). The topological polar surface area (TPSA) is 46.3 Å². The van der Waals surface area contributed by atoms with Crippen molar-refractivity contribution in [3.8, 4) is 0 Å². The third kappa shape index (κ3) is 0.790. The van der Waals surface area contributed by atoms with Crippen molar-refractivity contribution in [2.45, 2.75) is 0 Å². The Kier molecular flexibility index (Phi) is 1.17. The lowest BCUT2D eigenvalue weighted by atomic mass is 10.2. The van der Waals surface area contributed by atoms with Crippen LogP contribution >= 0.6 is 12.2 Å². The lowest BCUT2D eigenvalue weighted by Crippen LogP contribution is -2.52. The van der Waals surface area contributed by atoms with Gasteiger partial charge in [0.1, 0.15) is 0 Å². The molecule has 2 N–H and O–H groups in total. The van der Waals surface area contributed by atoms with E-state index in [2.05, 4.69) is 12.2 Å². The van der Waals surface area contributed by atoms with Crippen LogP contribution in [0, 0.1) is 0 Å². The van der Waals surface area contributed by atoms with Gasteiger partial charge in [0.2, 0.25) is 0 Å². The first-order chi connectivity index (χ1) is 3.70. The summed E-state index contributed by atoms with van der Waals surface area (Å²) in [4.78, 5) is 11.9. The second kappa shape index (κ2) is 1.70. The second-order valence-corrected chi connectivity index (χ2v) is 2.15. The molecule has 0 aromatic heterocycles. The highest BCUT2D eigenvalue weighted by molar-refractivity contribution is 7.80. The van der Waals surface area contributed by atoms with Crippen LogP contribution in [0.25, 0.3) is 0 Å². The summed E-state index contributed by atoms with van der Waals surface area (Å²) in [6.45, 7) is 0.824. The molecule has 0 bridgehead atoms. The van der Waals surface area contributed by atoms with Crippen LogP contribution in [0.4, 0.5) is 0 Å². The van der Waals surface area contributed by atoms with E-state index in [1.54, 1.807) is 4.90 Å². The SMILES string of the molecule is NC(=S)N1CC(=O)C1. The molecule has 0 spiro atoms. The molecule has 0 aromatic carbocycles. The van der Waals surface area contributed by atoms with Crippen molar-refractivity contribution >= 4 is 23.1 Å². The Labute approximate surface area is 52.4 Å². The van der Waals surface area contributed by atoms with Crippen LogP contribution in [0.5, 0.6) is 0 Å². The zero-order valence-corrected chi connectivity index (χ0v) is 5.07. The van der Waals surface area contributed by atoms with Crippen LogP contribution in [0.2, 0.25) is 0 Å².